The molecule has 0 fully saturated rings. The molecular weight excluding hydrogens is 247 g/mol. The van der Waals surface area contributed by atoms with E-state index in [2.05, 4.69) is 10.1 Å². The average molecular weight is 263 g/mol. The van der Waals surface area contributed by atoms with Crippen LogP contribution in [0.4, 0.5) is 13.2 Å². The van der Waals surface area contributed by atoms with Gasteiger partial charge in [0.05, 0.1) is 12.6 Å². The van der Waals surface area contributed by atoms with Crippen molar-refractivity contribution in [2.24, 2.45) is 0 Å². The molecule has 0 heterocycles. The molecule has 1 aromatic rings. The Labute approximate surface area is 104 Å². The summed E-state index contributed by atoms with van der Waals surface area (Å²) in [6, 6.07) is 5.21. The molecule has 0 radical (unpaired) electrons. The van der Waals surface area contributed by atoms with E-state index in [9.17, 15) is 18.3 Å². The molecule has 0 amide bonds. The van der Waals surface area contributed by atoms with E-state index in [1.807, 2.05) is 6.92 Å². The summed E-state index contributed by atoms with van der Waals surface area (Å²) >= 11 is 0. The molecule has 0 aliphatic heterocycles. The quantitative estimate of drug-likeness (QED) is 0.829. The molecule has 0 aliphatic carbocycles. The number of benzene rings is 1. The minimum atomic E-state index is -4.68. The van der Waals surface area contributed by atoms with Gasteiger partial charge < -0.3 is 15.2 Å². The normalized spacial score (nSPS) is 13.4. The predicted octanol–water partition coefficient (Wildman–Crippen LogP) is 2.62. The van der Waals surface area contributed by atoms with Crippen molar-refractivity contribution in [2.45, 2.75) is 25.7 Å². The van der Waals surface area contributed by atoms with Crippen LogP contribution >= 0.6 is 0 Å². The minimum absolute atomic E-state index is 0.112. The largest absolute Gasteiger partial charge is 0.573 e. The van der Waals surface area contributed by atoms with Gasteiger partial charge in [-0.1, -0.05) is 19.1 Å². The Balaban J connectivity index is 2.68. The third-order valence-electron chi connectivity index (χ3n) is 2.34. The molecule has 0 spiro atoms. The number of rotatable bonds is 6. The van der Waals surface area contributed by atoms with Crippen molar-refractivity contribution in [1.82, 2.24) is 5.32 Å². The SMILES string of the molecule is CCCNC(CO)c1ccc(OC(F)(F)F)cc1. The third kappa shape index (κ3) is 4.93. The maximum atomic E-state index is 12.0. The van der Waals surface area contributed by atoms with E-state index in [4.69, 9.17) is 0 Å². The molecule has 0 saturated heterocycles. The number of alkyl halides is 3. The fraction of sp³-hybridized carbons (Fsp3) is 0.500. The number of halogens is 3. The molecule has 6 heteroatoms. The summed E-state index contributed by atoms with van der Waals surface area (Å²) in [5, 5.41) is 12.3. The molecule has 1 aromatic carbocycles. The first kappa shape index (κ1) is 14.8. The third-order valence-corrected chi connectivity index (χ3v) is 2.34. The molecule has 3 nitrogen and oxygen atoms in total. The van der Waals surface area contributed by atoms with Gasteiger partial charge in [-0.15, -0.1) is 13.2 Å². The molecule has 0 aliphatic rings. The summed E-state index contributed by atoms with van der Waals surface area (Å²) in [6.45, 7) is 2.60. The number of ether oxygens (including phenoxy) is 1. The first-order chi connectivity index (χ1) is 8.46. The van der Waals surface area contributed by atoms with Crippen LogP contribution in [0.5, 0.6) is 5.75 Å². The highest BCUT2D eigenvalue weighted by atomic mass is 19.4. The highest BCUT2D eigenvalue weighted by Gasteiger charge is 2.31. The summed E-state index contributed by atoms with van der Waals surface area (Å²) < 4.78 is 39.6. The van der Waals surface area contributed by atoms with Crippen LogP contribution in [-0.2, 0) is 0 Å². The summed E-state index contributed by atoms with van der Waals surface area (Å²) in [5.74, 6) is -0.265. The van der Waals surface area contributed by atoms with E-state index in [0.717, 1.165) is 18.5 Å². The van der Waals surface area contributed by atoms with Gasteiger partial charge in [-0.2, -0.15) is 0 Å². The van der Waals surface area contributed by atoms with Gasteiger partial charge in [0, 0.05) is 0 Å². The Hall–Kier alpha value is -1.27. The maximum Gasteiger partial charge on any atom is 0.573 e. The number of aliphatic hydroxyl groups excluding tert-OH is 1. The number of nitrogens with one attached hydrogen (secondary N) is 1. The monoisotopic (exact) mass is 263 g/mol. The second kappa shape index (κ2) is 6.61. The van der Waals surface area contributed by atoms with E-state index in [-0.39, 0.29) is 18.4 Å². The van der Waals surface area contributed by atoms with E-state index in [1.54, 1.807) is 0 Å². The molecular formula is C12H16F3NO2. The molecule has 2 N–H and O–H groups in total. The van der Waals surface area contributed by atoms with Gasteiger partial charge in [-0.3, -0.25) is 0 Å². The zero-order valence-corrected chi connectivity index (χ0v) is 10.00. The lowest BCUT2D eigenvalue weighted by Crippen LogP contribution is -2.25. The van der Waals surface area contributed by atoms with Crippen LogP contribution in [0.1, 0.15) is 24.9 Å². The Bertz CT molecular complexity index is 351. The van der Waals surface area contributed by atoms with Crippen molar-refractivity contribution >= 4 is 0 Å². The summed E-state index contributed by atoms with van der Waals surface area (Å²) in [6.07, 6.45) is -3.77. The number of hydrogen-bond acceptors (Lipinski definition) is 3. The zero-order valence-electron chi connectivity index (χ0n) is 10.00. The first-order valence-electron chi connectivity index (χ1n) is 5.66. The van der Waals surface area contributed by atoms with Gasteiger partial charge in [0.25, 0.3) is 0 Å². The van der Waals surface area contributed by atoms with E-state index in [1.165, 1.54) is 24.3 Å². The fourth-order valence-corrected chi connectivity index (χ4v) is 1.51. The van der Waals surface area contributed by atoms with Crippen molar-refractivity contribution in [3.05, 3.63) is 29.8 Å². The van der Waals surface area contributed by atoms with Crippen LogP contribution < -0.4 is 10.1 Å². The van der Waals surface area contributed by atoms with Crippen molar-refractivity contribution in [1.29, 1.82) is 0 Å². The standard InChI is InChI=1S/C12H16F3NO2/c1-2-7-16-11(8-17)9-3-5-10(6-4-9)18-12(13,14)15/h3-6,11,16-17H,2,7-8H2,1H3. The van der Waals surface area contributed by atoms with Crippen molar-refractivity contribution in [2.75, 3.05) is 13.2 Å². The topological polar surface area (TPSA) is 41.5 Å². The highest BCUT2D eigenvalue weighted by Crippen LogP contribution is 2.24. The Morgan fingerprint density at radius 1 is 1.28 bits per heavy atom. The van der Waals surface area contributed by atoms with Crippen molar-refractivity contribution in [3.63, 3.8) is 0 Å². The van der Waals surface area contributed by atoms with Gasteiger partial charge >= 0.3 is 6.36 Å². The Morgan fingerprint density at radius 2 is 1.89 bits per heavy atom. The minimum Gasteiger partial charge on any atom is -0.406 e. The summed E-state index contributed by atoms with van der Waals surface area (Å²) in [4.78, 5) is 0. The van der Waals surface area contributed by atoms with Crippen LogP contribution in [0.15, 0.2) is 24.3 Å². The summed E-state index contributed by atoms with van der Waals surface area (Å²) in [7, 11) is 0. The first-order valence-corrected chi connectivity index (χ1v) is 5.66. The Kier molecular flexibility index (Phi) is 5.43. The second-order valence-corrected chi connectivity index (χ2v) is 3.81. The zero-order chi connectivity index (χ0) is 13.6. The summed E-state index contributed by atoms with van der Waals surface area (Å²) in [5.41, 5.74) is 0.723. The highest BCUT2D eigenvalue weighted by molar-refractivity contribution is 5.29. The molecule has 0 bridgehead atoms. The lowest BCUT2D eigenvalue weighted by Gasteiger charge is -2.17. The van der Waals surface area contributed by atoms with E-state index < -0.39 is 6.36 Å². The predicted molar refractivity (Wildman–Crippen MR) is 61.2 cm³/mol. The van der Waals surface area contributed by atoms with Gasteiger partial charge in [0.15, 0.2) is 0 Å². The molecule has 0 saturated carbocycles. The van der Waals surface area contributed by atoms with Gasteiger partial charge in [0.2, 0.25) is 0 Å². The van der Waals surface area contributed by atoms with Crippen molar-refractivity contribution in [3.8, 4) is 5.75 Å². The van der Waals surface area contributed by atoms with E-state index in [0.29, 0.717) is 0 Å². The molecule has 1 atom stereocenters. The van der Waals surface area contributed by atoms with E-state index >= 15 is 0 Å². The second-order valence-electron chi connectivity index (χ2n) is 3.81. The van der Waals surface area contributed by atoms with Gasteiger partial charge in [-0.25, -0.2) is 0 Å². The maximum absolute atomic E-state index is 12.0. The smallest absolute Gasteiger partial charge is 0.406 e. The van der Waals surface area contributed by atoms with Crippen LogP contribution in [0, 0.1) is 0 Å². The van der Waals surface area contributed by atoms with Crippen LogP contribution in [0.2, 0.25) is 0 Å². The average Bonchev–Trinajstić information content (AvgIpc) is 2.30. The molecule has 1 unspecified atom stereocenters. The fourth-order valence-electron chi connectivity index (χ4n) is 1.51. The molecule has 102 valence electrons. The lowest BCUT2D eigenvalue weighted by molar-refractivity contribution is -0.274. The molecule has 0 aromatic heterocycles. The Morgan fingerprint density at radius 3 is 2.33 bits per heavy atom. The molecule has 1 rings (SSSR count). The number of hydrogen-bond donors (Lipinski definition) is 2. The van der Waals surface area contributed by atoms with Crippen LogP contribution in [-0.4, -0.2) is 24.6 Å². The van der Waals surface area contributed by atoms with Gasteiger partial charge in [0.1, 0.15) is 5.75 Å². The van der Waals surface area contributed by atoms with Crippen LogP contribution in [0.25, 0.3) is 0 Å². The van der Waals surface area contributed by atoms with Crippen molar-refractivity contribution < 1.29 is 23.0 Å². The van der Waals surface area contributed by atoms with Crippen LogP contribution in [0.3, 0.4) is 0 Å². The lowest BCUT2D eigenvalue weighted by atomic mass is 10.1. The number of aliphatic hydroxyl groups is 1. The molecule has 18 heavy (non-hydrogen) atoms. The van der Waals surface area contributed by atoms with Gasteiger partial charge in [-0.05, 0) is 30.7 Å².